The molecule has 1 aliphatic heterocycles. The molecule has 3 atom stereocenters. The third-order valence-electron chi connectivity index (χ3n) is 12.2. The Bertz CT molecular complexity index is 3050. The molecule has 8 aromatic rings. The molecule has 2 heterocycles. The third-order valence-corrected chi connectivity index (χ3v) is 12.2. The first kappa shape index (κ1) is 29.9. The lowest BCUT2D eigenvalue weighted by atomic mass is 9.74. The maximum atomic E-state index is 6.49. The Morgan fingerprint density at radius 3 is 2.00 bits per heavy atom. The van der Waals surface area contributed by atoms with E-state index in [9.17, 15) is 0 Å². The van der Waals surface area contributed by atoms with Gasteiger partial charge in [-0.1, -0.05) is 146 Å². The number of allylic oxidation sites excluding steroid dienone is 12. The van der Waals surface area contributed by atoms with Gasteiger partial charge in [-0.3, -0.25) is 0 Å². The van der Waals surface area contributed by atoms with Gasteiger partial charge < -0.3 is 9.15 Å². The molecule has 254 valence electrons. The second kappa shape index (κ2) is 11.4. The molecule has 0 radical (unpaired) electrons. The van der Waals surface area contributed by atoms with Crippen LogP contribution in [-0.2, 0) is 0 Å². The molecule has 12 rings (SSSR count). The summed E-state index contributed by atoms with van der Waals surface area (Å²) in [7, 11) is 0. The fourth-order valence-corrected chi connectivity index (χ4v) is 9.68. The number of para-hydroxylation sites is 1. The zero-order chi connectivity index (χ0) is 35.3. The SMILES string of the molecule is C1=CC2C=CC=C(c3c4ccccc4c(-c4ccc(C5=CC=C6Oc7cc8ccc9c%10ccccc%10oc9c8cc7C6C5)cc4)c4ccccc34)C2C=C1. The van der Waals surface area contributed by atoms with Gasteiger partial charge in [-0.2, -0.15) is 0 Å². The minimum absolute atomic E-state index is 0.169. The van der Waals surface area contributed by atoms with Crippen molar-refractivity contribution >= 4 is 65.4 Å². The highest BCUT2D eigenvalue weighted by Gasteiger charge is 2.33. The first-order chi connectivity index (χ1) is 26.8. The molecular weight excluding hydrogens is 657 g/mol. The minimum Gasteiger partial charge on any atom is -0.461 e. The number of benzene rings is 7. The highest BCUT2D eigenvalue weighted by atomic mass is 16.5. The first-order valence-corrected chi connectivity index (χ1v) is 19.0. The lowest BCUT2D eigenvalue weighted by Gasteiger charge is -2.29. The van der Waals surface area contributed by atoms with Crippen molar-refractivity contribution < 1.29 is 9.15 Å². The fourth-order valence-electron chi connectivity index (χ4n) is 9.68. The van der Waals surface area contributed by atoms with E-state index in [-0.39, 0.29) is 5.92 Å². The van der Waals surface area contributed by atoms with Gasteiger partial charge in [0, 0.05) is 39.5 Å². The molecule has 3 aliphatic carbocycles. The number of fused-ring (bicyclic) bond motifs is 11. The lowest BCUT2D eigenvalue weighted by Crippen LogP contribution is -2.15. The Hall–Kier alpha value is -6.64. The Kier molecular flexibility index (Phi) is 6.32. The van der Waals surface area contributed by atoms with Gasteiger partial charge in [-0.15, -0.1) is 0 Å². The quantitative estimate of drug-likeness (QED) is 0.172. The summed E-state index contributed by atoms with van der Waals surface area (Å²) in [5.74, 6) is 2.86. The highest BCUT2D eigenvalue weighted by Crippen LogP contribution is 2.51. The summed E-state index contributed by atoms with van der Waals surface area (Å²) in [6, 6.07) is 44.4. The Balaban J connectivity index is 0.924. The van der Waals surface area contributed by atoms with Crippen molar-refractivity contribution in [2.45, 2.75) is 12.3 Å². The number of rotatable bonds is 3. The minimum atomic E-state index is 0.169. The molecule has 0 saturated carbocycles. The summed E-state index contributed by atoms with van der Waals surface area (Å²) in [6.45, 7) is 0. The van der Waals surface area contributed by atoms with Crippen LogP contribution in [0.1, 0.15) is 29.0 Å². The number of hydrogen-bond acceptors (Lipinski definition) is 2. The van der Waals surface area contributed by atoms with Crippen LogP contribution in [0.5, 0.6) is 5.75 Å². The highest BCUT2D eigenvalue weighted by molar-refractivity contribution is 6.19. The molecule has 7 aromatic carbocycles. The summed E-state index contributed by atoms with van der Waals surface area (Å²) in [5, 5.41) is 9.77. The predicted molar refractivity (Wildman–Crippen MR) is 225 cm³/mol. The van der Waals surface area contributed by atoms with Gasteiger partial charge >= 0.3 is 0 Å². The van der Waals surface area contributed by atoms with Crippen LogP contribution in [-0.4, -0.2) is 0 Å². The van der Waals surface area contributed by atoms with Crippen LogP contribution in [0.15, 0.2) is 186 Å². The van der Waals surface area contributed by atoms with Crippen molar-refractivity contribution in [1.29, 1.82) is 0 Å². The van der Waals surface area contributed by atoms with Crippen LogP contribution in [0.2, 0.25) is 0 Å². The molecule has 0 saturated heterocycles. The lowest BCUT2D eigenvalue weighted by molar-refractivity contribution is 0.427. The van der Waals surface area contributed by atoms with Crippen LogP contribution in [0.4, 0.5) is 0 Å². The third kappa shape index (κ3) is 4.34. The zero-order valence-corrected chi connectivity index (χ0v) is 29.5. The van der Waals surface area contributed by atoms with E-state index < -0.39 is 0 Å². The van der Waals surface area contributed by atoms with Gasteiger partial charge in [0.1, 0.15) is 22.7 Å². The van der Waals surface area contributed by atoms with Crippen molar-refractivity contribution in [2.24, 2.45) is 11.8 Å². The van der Waals surface area contributed by atoms with E-state index in [0.29, 0.717) is 11.8 Å². The van der Waals surface area contributed by atoms with Crippen LogP contribution in [0.25, 0.3) is 76.5 Å². The summed E-state index contributed by atoms with van der Waals surface area (Å²) >= 11 is 0. The normalized spacial score (nSPS) is 19.9. The van der Waals surface area contributed by atoms with E-state index in [1.807, 2.05) is 6.07 Å². The second-order valence-corrected chi connectivity index (χ2v) is 15.1. The summed E-state index contributed by atoms with van der Waals surface area (Å²) in [6.07, 6.45) is 21.3. The second-order valence-electron chi connectivity index (χ2n) is 15.1. The molecule has 54 heavy (non-hydrogen) atoms. The molecule has 0 amide bonds. The zero-order valence-electron chi connectivity index (χ0n) is 29.5. The van der Waals surface area contributed by atoms with E-state index in [1.54, 1.807) is 0 Å². The van der Waals surface area contributed by atoms with E-state index in [2.05, 4.69) is 170 Å². The smallest absolute Gasteiger partial charge is 0.143 e. The number of ether oxygens (including phenoxy) is 1. The summed E-state index contributed by atoms with van der Waals surface area (Å²) < 4.78 is 12.9. The maximum Gasteiger partial charge on any atom is 0.143 e. The largest absolute Gasteiger partial charge is 0.461 e. The average molecular weight is 691 g/mol. The van der Waals surface area contributed by atoms with E-state index in [1.165, 1.54) is 60.5 Å². The molecule has 0 spiro atoms. The molecule has 4 aliphatic rings. The molecule has 0 bridgehead atoms. The first-order valence-electron chi connectivity index (χ1n) is 19.0. The molecular formula is C52H34O2. The van der Waals surface area contributed by atoms with Crippen LogP contribution in [0, 0.1) is 11.8 Å². The fraction of sp³-hybridized carbons (Fsp3) is 0.0769. The Labute approximate surface area is 313 Å². The number of hydrogen-bond donors (Lipinski definition) is 0. The van der Waals surface area contributed by atoms with E-state index >= 15 is 0 Å². The van der Waals surface area contributed by atoms with Gasteiger partial charge in [-0.25, -0.2) is 0 Å². The van der Waals surface area contributed by atoms with Crippen molar-refractivity contribution in [2.75, 3.05) is 0 Å². The Morgan fingerprint density at radius 1 is 0.519 bits per heavy atom. The van der Waals surface area contributed by atoms with Gasteiger partial charge in [0.2, 0.25) is 0 Å². The van der Waals surface area contributed by atoms with Crippen LogP contribution in [0.3, 0.4) is 0 Å². The van der Waals surface area contributed by atoms with Crippen molar-refractivity contribution in [3.8, 4) is 16.9 Å². The van der Waals surface area contributed by atoms with E-state index in [0.717, 1.165) is 50.6 Å². The molecule has 0 fully saturated rings. The average Bonchev–Trinajstić information content (AvgIpc) is 3.79. The van der Waals surface area contributed by atoms with Crippen LogP contribution >= 0.6 is 0 Å². The standard InChI is InChI=1S/C52H34O2/c1-2-12-36-32(10-1)11-9-18-38(36)51-41-16-5-3-14-39(41)50(40-15-4-6-17-42(40)51)33-22-20-31(21-23-33)34-25-27-48-45(28-34)46-30-44-35(29-49(46)53-48)24-26-43-37-13-7-8-19-47(37)54-52(43)44/h1-27,29-30,32,36,45H,28H2. The van der Waals surface area contributed by atoms with Crippen molar-refractivity contribution in [1.82, 2.24) is 0 Å². The van der Waals surface area contributed by atoms with Gasteiger partial charge in [0.05, 0.1) is 0 Å². The molecule has 2 heteroatoms. The van der Waals surface area contributed by atoms with Gasteiger partial charge in [-0.05, 0) is 97.1 Å². The molecule has 2 nitrogen and oxygen atoms in total. The van der Waals surface area contributed by atoms with Gasteiger partial charge in [0.25, 0.3) is 0 Å². The maximum absolute atomic E-state index is 6.49. The topological polar surface area (TPSA) is 22.4 Å². The molecule has 0 N–H and O–H groups in total. The summed E-state index contributed by atoms with van der Waals surface area (Å²) in [5.41, 5.74) is 10.9. The van der Waals surface area contributed by atoms with Crippen molar-refractivity contribution in [3.05, 3.63) is 198 Å². The monoisotopic (exact) mass is 690 g/mol. The van der Waals surface area contributed by atoms with Crippen molar-refractivity contribution in [3.63, 3.8) is 0 Å². The van der Waals surface area contributed by atoms with Crippen LogP contribution < -0.4 is 4.74 Å². The summed E-state index contributed by atoms with van der Waals surface area (Å²) in [4.78, 5) is 0. The molecule has 3 unspecified atom stereocenters. The molecule has 1 aromatic heterocycles. The predicted octanol–water partition coefficient (Wildman–Crippen LogP) is 13.9. The Morgan fingerprint density at radius 2 is 1.20 bits per heavy atom. The van der Waals surface area contributed by atoms with E-state index in [4.69, 9.17) is 9.15 Å². The van der Waals surface area contributed by atoms with Gasteiger partial charge in [0.15, 0.2) is 0 Å². The number of furan rings is 1.